The van der Waals surface area contributed by atoms with Gasteiger partial charge in [-0.3, -0.25) is 10.3 Å². The van der Waals surface area contributed by atoms with E-state index >= 15 is 0 Å². The highest BCUT2D eigenvalue weighted by atomic mass is 19.1. The van der Waals surface area contributed by atoms with E-state index in [9.17, 15) is 9.18 Å². The smallest absolute Gasteiger partial charge is 0.341 e. The van der Waals surface area contributed by atoms with Crippen molar-refractivity contribution < 1.29 is 28.0 Å². The summed E-state index contributed by atoms with van der Waals surface area (Å²) in [7, 11) is 1.31. The molecule has 0 aliphatic heterocycles. The molecule has 1 heterocycles. The summed E-state index contributed by atoms with van der Waals surface area (Å²) in [6, 6.07) is 18.7. The largest absolute Gasteiger partial charge is 0.465 e. The molecule has 0 saturated carbocycles. The fourth-order valence-electron chi connectivity index (χ4n) is 3.23. The van der Waals surface area contributed by atoms with Crippen LogP contribution in [0.1, 0.15) is 29.5 Å². The quantitative estimate of drug-likeness (QED) is 0.147. The van der Waals surface area contributed by atoms with Crippen LogP contribution in [0, 0.1) is 5.82 Å². The molecule has 3 aromatic carbocycles. The number of nitrogens with one attached hydrogen (secondary N) is 1. The molecule has 0 unspecified atom stereocenters. The van der Waals surface area contributed by atoms with Crippen LogP contribution >= 0.6 is 0 Å². The van der Waals surface area contributed by atoms with Crippen molar-refractivity contribution in [1.82, 2.24) is 10.6 Å². The van der Waals surface area contributed by atoms with Gasteiger partial charge in [0.15, 0.2) is 5.76 Å². The first-order valence-electron chi connectivity index (χ1n) is 10.7. The number of nitrogens with zero attached hydrogens (tertiary/aromatic N) is 1. The zero-order valence-corrected chi connectivity index (χ0v) is 18.7. The molecule has 0 aliphatic carbocycles. The number of benzene rings is 3. The molecule has 0 fully saturated rings. The second kappa shape index (κ2) is 10.6. The summed E-state index contributed by atoms with van der Waals surface area (Å²) in [6.45, 7) is 2.42. The van der Waals surface area contributed by atoms with Crippen molar-refractivity contribution in [2.75, 3.05) is 13.7 Å². The van der Waals surface area contributed by atoms with E-state index in [1.54, 1.807) is 30.3 Å². The molecule has 0 bridgehead atoms. The highest BCUT2D eigenvalue weighted by Crippen LogP contribution is 2.28. The van der Waals surface area contributed by atoms with Crippen LogP contribution in [-0.4, -0.2) is 24.8 Å². The molecule has 0 radical (unpaired) electrons. The Morgan fingerprint density at radius 1 is 1.09 bits per heavy atom. The fraction of sp³-hybridized carbons (Fsp3) is 0.154. The van der Waals surface area contributed by atoms with Gasteiger partial charge in [0.25, 0.3) is 0 Å². The highest BCUT2D eigenvalue weighted by molar-refractivity contribution is 5.98. The van der Waals surface area contributed by atoms with Gasteiger partial charge in [-0.15, -0.1) is 0 Å². The molecule has 174 valence electrons. The zero-order chi connectivity index (χ0) is 23.9. The van der Waals surface area contributed by atoms with Crippen molar-refractivity contribution >= 4 is 22.4 Å². The lowest BCUT2D eigenvalue weighted by atomic mass is 10.1. The first-order valence-corrected chi connectivity index (χ1v) is 10.7. The fourth-order valence-corrected chi connectivity index (χ4v) is 3.23. The molecule has 8 heteroatoms. The van der Waals surface area contributed by atoms with Gasteiger partial charge in [0, 0.05) is 11.6 Å². The van der Waals surface area contributed by atoms with E-state index in [2.05, 4.69) is 10.6 Å². The zero-order valence-electron chi connectivity index (χ0n) is 18.7. The lowest BCUT2D eigenvalue weighted by Crippen LogP contribution is -2.14. The number of hydrogen-bond donors (Lipinski definition) is 1. The Balaban J connectivity index is 1.67. The molecule has 0 spiro atoms. The molecule has 7 nitrogen and oxygen atoms in total. The predicted octanol–water partition coefficient (Wildman–Crippen LogP) is 5.73. The minimum absolute atomic E-state index is 0.274. The number of carbonyl (C=O) groups is 1. The van der Waals surface area contributed by atoms with E-state index < -0.39 is 5.97 Å². The average Bonchev–Trinajstić information content (AvgIpc) is 3.35. The maximum absolute atomic E-state index is 13.3. The van der Waals surface area contributed by atoms with Crippen LogP contribution in [0.4, 0.5) is 4.39 Å². The van der Waals surface area contributed by atoms with Gasteiger partial charge in [0.05, 0.1) is 13.7 Å². The number of fused-ring (bicyclic) bond motifs is 1. The van der Waals surface area contributed by atoms with Crippen LogP contribution in [0.3, 0.4) is 0 Å². The van der Waals surface area contributed by atoms with Crippen molar-refractivity contribution in [2.45, 2.75) is 13.3 Å². The topological polar surface area (TPSA) is 82.8 Å². The van der Waals surface area contributed by atoms with Crippen LogP contribution in [0.15, 0.2) is 77.5 Å². The number of carbonyl (C=O) groups excluding carboxylic acids is 1. The van der Waals surface area contributed by atoms with Crippen LogP contribution in [0.2, 0.25) is 0 Å². The first kappa shape index (κ1) is 23.0. The van der Waals surface area contributed by atoms with E-state index in [0.717, 1.165) is 17.2 Å². The first-order chi connectivity index (χ1) is 16.6. The molecule has 0 atom stereocenters. The lowest BCUT2D eigenvalue weighted by molar-refractivity contribution is 0.0598. The summed E-state index contributed by atoms with van der Waals surface area (Å²) >= 11 is 0. The number of halogens is 1. The Morgan fingerprint density at radius 3 is 2.53 bits per heavy atom. The normalized spacial score (nSPS) is 11.4. The Bertz CT molecular complexity index is 1310. The number of rotatable bonds is 9. The van der Waals surface area contributed by atoms with Crippen molar-refractivity contribution in [3.63, 3.8) is 0 Å². The van der Waals surface area contributed by atoms with Crippen LogP contribution in [-0.2, 0) is 9.57 Å². The summed E-state index contributed by atoms with van der Waals surface area (Å²) < 4.78 is 29.6. The Labute approximate surface area is 195 Å². The molecule has 1 N–H and O–H groups in total. The van der Waals surface area contributed by atoms with E-state index in [4.69, 9.17) is 18.8 Å². The van der Waals surface area contributed by atoms with E-state index in [-0.39, 0.29) is 11.4 Å². The lowest BCUT2D eigenvalue weighted by Gasteiger charge is -2.11. The summed E-state index contributed by atoms with van der Waals surface area (Å²) in [5.74, 6) is -0.230. The predicted molar refractivity (Wildman–Crippen MR) is 125 cm³/mol. The van der Waals surface area contributed by atoms with E-state index in [0.29, 0.717) is 35.1 Å². The van der Waals surface area contributed by atoms with Crippen molar-refractivity contribution in [2.24, 2.45) is 0 Å². The molecular weight excluding hydrogens is 439 g/mol. The molecule has 34 heavy (non-hydrogen) atoms. The molecule has 1 aromatic heterocycles. The van der Waals surface area contributed by atoms with Gasteiger partial charge in [-0.2, -0.15) is 0 Å². The Morgan fingerprint density at radius 2 is 1.82 bits per heavy atom. The van der Waals surface area contributed by atoms with Crippen molar-refractivity contribution in [3.8, 4) is 17.0 Å². The van der Waals surface area contributed by atoms with Gasteiger partial charge in [0.2, 0.25) is 0 Å². The molecule has 0 amide bonds. The summed E-state index contributed by atoms with van der Waals surface area (Å²) in [5.41, 5.74) is 4.63. The van der Waals surface area contributed by atoms with E-state index in [1.165, 1.54) is 25.5 Å². The third-order valence-corrected chi connectivity index (χ3v) is 4.96. The number of aromatic nitrogens is 1. The number of hydroxylamine groups is 1. The second-order valence-electron chi connectivity index (χ2n) is 7.37. The molecular formula is C26H23FN2O5. The van der Waals surface area contributed by atoms with Gasteiger partial charge < -0.3 is 14.0 Å². The number of esters is 1. The second-order valence-corrected chi connectivity index (χ2v) is 7.37. The third-order valence-electron chi connectivity index (χ3n) is 4.96. The minimum atomic E-state index is -0.524. The third kappa shape index (κ3) is 5.24. The maximum Gasteiger partial charge on any atom is 0.341 e. The summed E-state index contributed by atoms with van der Waals surface area (Å²) in [5, 5.41) is 5.83. The minimum Gasteiger partial charge on any atom is -0.465 e. The average molecular weight is 462 g/mol. The van der Waals surface area contributed by atoms with Crippen LogP contribution in [0.25, 0.3) is 27.7 Å². The molecule has 4 rings (SSSR count). The van der Waals surface area contributed by atoms with Gasteiger partial charge in [-0.05, 0) is 53.6 Å². The van der Waals surface area contributed by atoms with Crippen LogP contribution in [0.5, 0.6) is 5.75 Å². The van der Waals surface area contributed by atoms with Gasteiger partial charge in [-0.25, -0.2) is 9.18 Å². The van der Waals surface area contributed by atoms with Gasteiger partial charge in [-0.1, -0.05) is 36.3 Å². The molecule has 0 saturated heterocycles. The standard InChI is InChI=1S/C26H23FN2O5/c1-3-12-33-28-23(25-15-22(29-34-25)17-8-10-20(27)11-9-17)16-32-24-14-19-7-5-4-6-18(19)13-21(24)26(30)31-2/h4-11,13-16,28H,3,12H2,1-2H3. The number of hydrogen-bond acceptors (Lipinski definition) is 7. The van der Waals surface area contributed by atoms with Gasteiger partial charge in [0.1, 0.15) is 34.8 Å². The van der Waals surface area contributed by atoms with Gasteiger partial charge >= 0.3 is 5.97 Å². The maximum atomic E-state index is 13.3. The SMILES string of the molecule is CCCONC(=COc1cc2ccccc2cc1C(=O)OC)c1cc(-c2ccc(F)cc2)no1. The van der Waals surface area contributed by atoms with Crippen molar-refractivity contribution in [1.29, 1.82) is 0 Å². The monoisotopic (exact) mass is 462 g/mol. The Hall–Kier alpha value is -4.17. The number of ether oxygens (including phenoxy) is 2. The van der Waals surface area contributed by atoms with E-state index in [1.807, 2.05) is 31.2 Å². The van der Waals surface area contributed by atoms with Crippen molar-refractivity contribution in [3.05, 3.63) is 90.1 Å². The Kier molecular flexibility index (Phi) is 7.19. The molecule has 0 aliphatic rings. The molecule has 4 aromatic rings. The summed E-state index contributed by atoms with van der Waals surface area (Å²) in [6.07, 6.45) is 2.16. The van der Waals surface area contributed by atoms with Crippen LogP contribution < -0.4 is 10.2 Å². The number of methoxy groups -OCH3 is 1. The highest BCUT2D eigenvalue weighted by Gasteiger charge is 2.17. The summed E-state index contributed by atoms with van der Waals surface area (Å²) in [4.78, 5) is 17.8.